The number of amides is 2. The van der Waals surface area contributed by atoms with E-state index in [9.17, 15) is 9.59 Å². The molecule has 0 saturated heterocycles. The van der Waals surface area contributed by atoms with E-state index in [0.29, 0.717) is 17.1 Å². The van der Waals surface area contributed by atoms with Crippen LogP contribution in [0.2, 0.25) is 0 Å². The lowest BCUT2D eigenvalue weighted by Crippen LogP contribution is -2.46. The van der Waals surface area contributed by atoms with Crippen molar-refractivity contribution in [1.29, 1.82) is 0 Å². The molecule has 0 aromatic carbocycles. The van der Waals surface area contributed by atoms with Crippen molar-refractivity contribution in [3.05, 3.63) is 6.20 Å². The van der Waals surface area contributed by atoms with Crippen LogP contribution in [0.1, 0.15) is 71.1 Å². The average Bonchev–Trinajstić information content (AvgIpc) is 3.18. The van der Waals surface area contributed by atoms with Gasteiger partial charge in [0.2, 0.25) is 0 Å². The lowest BCUT2D eigenvalue weighted by Gasteiger charge is -2.38. The maximum Gasteiger partial charge on any atom is 0.323 e. The Morgan fingerprint density at radius 2 is 1.86 bits per heavy atom. The highest BCUT2D eigenvalue weighted by Gasteiger charge is 2.30. The van der Waals surface area contributed by atoms with Gasteiger partial charge in [0.05, 0.1) is 16.2 Å². The van der Waals surface area contributed by atoms with Gasteiger partial charge >= 0.3 is 12.0 Å². The SMILES string of the molecule is CCC1CCC(CN(C(=O)Nc2ncc(SCC(=O)O)s2)C2CCCCC2)CC1. The second kappa shape index (κ2) is 11.2. The predicted molar refractivity (Wildman–Crippen MR) is 119 cm³/mol. The van der Waals surface area contributed by atoms with Gasteiger partial charge in [0.25, 0.3) is 0 Å². The third-order valence-corrected chi connectivity index (χ3v) is 8.40. The quantitative estimate of drug-likeness (QED) is 0.508. The molecule has 8 heteroatoms. The molecule has 2 N–H and O–H groups in total. The van der Waals surface area contributed by atoms with Crippen molar-refractivity contribution in [2.75, 3.05) is 17.6 Å². The van der Waals surface area contributed by atoms with E-state index in [0.717, 1.165) is 29.5 Å². The van der Waals surface area contributed by atoms with Crippen LogP contribution < -0.4 is 5.32 Å². The number of nitrogens with zero attached hydrogens (tertiary/aromatic N) is 2. The maximum absolute atomic E-state index is 13.2. The molecule has 0 radical (unpaired) electrons. The normalized spacial score (nSPS) is 22.9. The summed E-state index contributed by atoms with van der Waals surface area (Å²) < 4.78 is 0.810. The second-order valence-electron chi connectivity index (χ2n) is 8.34. The molecule has 2 aliphatic carbocycles. The molecular weight excluding hydrogens is 406 g/mol. The smallest absolute Gasteiger partial charge is 0.323 e. The number of hydrogen-bond acceptors (Lipinski definition) is 5. The van der Waals surface area contributed by atoms with E-state index < -0.39 is 5.97 Å². The number of thioether (sulfide) groups is 1. The van der Waals surface area contributed by atoms with E-state index in [1.807, 2.05) is 0 Å². The fourth-order valence-electron chi connectivity index (χ4n) is 4.57. The summed E-state index contributed by atoms with van der Waals surface area (Å²) in [5.41, 5.74) is 0. The molecule has 2 amide bonds. The number of hydrogen-bond donors (Lipinski definition) is 2. The Bertz CT molecular complexity index is 668. The molecule has 2 saturated carbocycles. The van der Waals surface area contributed by atoms with Crippen molar-refractivity contribution in [2.45, 2.75) is 81.4 Å². The van der Waals surface area contributed by atoms with Crippen LogP contribution in [-0.4, -0.2) is 45.3 Å². The van der Waals surface area contributed by atoms with Gasteiger partial charge < -0.3 is 10.0 Å². The molecule has 3 rings (SSSR count). The van der Waals surface area contributed by atoms with Gasteiger partial charge in [-0.25, -0.2) is 9.78 Å². The van der Waals surface area contributed by atoms with Crippen LogP contribution in [-0.2, 0) is 4.79 Å². The molecule has 0 spiro atoms. The first kappa shape index (κ1) is 22.4. The summed E-state index contributed by atoms with van der Waals surface area (Å²) in [6.45, 7) is 3.13. The second-order valence-corrected chi connectivity index (χ2v) is 10.6. The minimum absolute atomic E-state index is 0.00418. The Balaban J connectivity index is 1.60. The van der Waals surface area contributed by atoms with E-state index in [2.05, 4.69) is 22.1 Å². The molecule has 162 valence electrons. The summed E-state index contributed by atoms with van der Waals surface area (Å²) in [6.07, 6.45) is 13.8. The molecule has 1 aromatic rings. The summed E-state index contributed by atoms with van der Waals surface area (Å²) in [5, 5.41) is 12.4. The summed E-state index contributed by atoms with van der Waals surface area (Å²) >= 11 is 2.58. The number of aromatic nitrogens is 1. The molecule has 0 bridgehead atoms. The van der Waals surface area contributed by atoms with Gasteiger partial charge in [-0.2, -0.15) is 0 Å². The molecule has 1 aromatic heterocycles. The standard InChI is InChI=1S/C21H33N3O3S2/c1-2-15-8-10-16(11-9-15)13-24(17-6-4-3-5-7-17)21(27)23-20-22-12-19(29-20)28-14-18(25)26/h12,15-17H,2-11,13-14H2,1H3,(H,25,26)(H,22,23,27). The number of carbonyl (C=O) groups excluding carboxylic acids is 1. The number of nitrogens with one attached hydrogen (secondary N) is 1. The monoisotopic (exact) mass is 439 g/mol. The number of anilines is 1. The molecular formula is C21H33N3O3S2. The minimum atomic E-state index is -0.852. The highest BCUT2D eigenvalue weighted by atomic mass is 32.2. The first-order valence-electron chi connectivity index (χ1n) is 10.9. The Kier molecular flexibility index (Phi) is 8.66. The average molecular weight is 440 g/mol. The van der Waals surface area contributed by atoms with Crippen LogP contribution >= 0.6 is 23.1 Å². The Morgan fingerprint density at radius 3 is 2.52 bits per heavy atom. The first-order valence-corrected chi connectivity index (χ1v) is 12.7. The van der Waals surface area contributed by atoms with Crippen molar-refractivity contribution >= 4 is 40.2 Å². The van der Waals surface area contributed by atoms with E-state index in [1.165, 1.54) is 74.5 Å². The van der Waals surface area contributed by atoms with Crippen LogP contribution in [0.3, 0.4) is 0 Å². The van der Waals surface area contributed by atoms with Gasteiger partial charge in [-0.1, -0.05) is 56.8 Å². The number of aliphatic carboxylic acids is 1. The molecule has 0 atom stereocenters. The number of rotatable bonds is 8. The van der Waals surface area contributed by atoms with Gasteiger partial charge in [0.15, 0.2) is 5.13 Å². The predicted octanol–water partition coefficient (Wildman–Crippen LogP) is 5.70. The van der Waals surface area contributed by atoms with Crippen molar-refractivity contribution in [3.8, 4) is 0 Å². The lowest BCUT2D eigenvalue weighted by atomic mass is 9.80. The summed E-state index contributed by atoms with van der Waals surface area (Å²) in [4.78, 5) is 30.3. The Labute approximate surface area is 181 Å². The fourth-order valence-corrected chi connectivity index (χ4v) is 6.15. The third kappa shape index (κ3) is 6.88. The van der Waals surface area contributed by atoms with E-state index >= 15 is 0 Å². The van der Waals surface area contributed by atoms with Crippen LogP contribution in [0, 0.1) is 11.8 Å². The van der Waals surface area contributed by atoms with E-state index in [1.54, 1.807) is 6.20 Å². The molecule has 2 fully saturated rings. The summed E-state index contributed by atoms with van der Waals surface area (Å²) in [5.74, 6) is 0.614. The minimum Gasteiger partial charge on any atom is -0.481 e. The molecule has 6 nitrogen and oxygen atoms in total. The summed E-state index contributed by atoms with van der Waals surface area (Å²) in [7, 11) is 0. The van der Waals surface area contributed by atoms with Gasteiger partial charge in [0.1, 0.15) is 0 Å². The lowest BCUT2D eigenvalue weighted by molar-refractivity contribution is -0.133. The number of carboxylic acids is 1. The zero-order valence-electron chi connectivity index (χ0n) is 17.3. The van der Waals surface area contributed by atoms with Crippen LogP contribution in [0.25, 0.3) is 0 Å². The number of thiazole rings is 1. The molecule has 2 aliphatic rings. The maximum atomic E-state index is 13.2. The molecule has 1 heterocycles. The molecule has 29 heavy (non-hydrogen) atoms. The van der Waals surface area contributed by atoms with Gasteiger partial charge in [-0.3, -0.25) is 10.1 Å². The fraction of sp³-hybridized carbons (Fsp3) is 0.762. The molecule has 0 aliphatic heterocycles. The first-order chi connectivity index (χ1) is 14.0. The topological polar surface area (TPSA) is 82.5 Å². The highest BCUT2D eigenvalue weighted by molar-refractivity contribution is 8.01. The Morgan fingerprint density at radius 1 is 1.17 bits per heavy atom. The summed E-state index contributed by atoms with van der Waals surface area (Å²) in [6, 6.07) is 0.284. The van der Waals surface area contributed by atoms with Gasteiger partial charge in [0, 0.05) is 12.6 Å². The van der Waals surface area contributed by atoms with Crippen molar-refractivity contribution in [2.24, 2.45) is 11.8 Å². The zero-order chi connectivity index (χ0) is 20.6. The molecule has 0 unspecified atom stereocenters. The van der Waals surface area contributed by atoms with Crippen LogP contribution in [0.4, 0.5) is 9.93 Å². The van der Waals surface area contributed by atoms with Crippen LogP contribution in [0.5, 0.6) is 0 Å². The van der Waals surface area contributed by atoms with Crippen molar-refractivity contribution in [3.63, 3.8) is 0 Å². The van der Waals surface area contributed by atoms with E-state index in [4.69, 9.17) is 5.11 Å². The number of urea groups is 1. The van der Waals surface area contributed by atoms with Crippen molar-refractivity contribution < 1.29 is 14.7 Å². The van der Waals surface area contributed by atoms with Gasteiger partial charge in [-0.05, 0) is 37.5 Å². The number of carbonyl (C=O) groups is 2. The van der Waals surface area contributed by atoms with E-state index in [-0.39, 0.29) is 11.8 Å². The Hall–Kier alpha value is -1.28. The van der Waals surface area contributed by atoms with Crippen LogP contribution in [0.15, 0.2) is 10.4 Å². The van der Waals surface area contributed by atoms with Crippen molar-refractivity contribution in [1.82, 2.24) is 9.88 Å². The largest absolute Gasteiger partial charge is 0.481 e. The highest BCUT2D eigenvalue weighted by Crippen LogP contribution is 2.33. The number of carboxylic acid groups (broad SMARTS) is 1. The van der Waals surface area contributed by atoms with Gasteiger partial charge in [-0.15, -0.1) is 11.8 Å². The third-order valence-electron chi connectivity index (χ3n) is 6.31. The zero-order valence-corrected chi connectivity index (χ0v) is 18.9.